The molecule has 0 radical (unpaired) electrons. The summed E-state index contributed by atoms with van der Waals surface area (Å²) in [6, 6.07) is 0. The van der Waals surface area contributed by atoms with E-state index in [4.69, 9.17) is 0 Å². The fourth-order valence-electron chi connectivity index (χ4n) is 2.79. The highest BCUT2D eigenvalue weighted by Crippen LogP contribution is 2.47. The zero-order valence-electron chi connectivity index (χ0n) is 11.5. The van der Waals surface area contributed by atoms with Gasteiger partial charge in [-0.2, -0.15) is 0 Å². The van der Waals surface area contributed by atoms with Crippen LogP contribution in [-0.4, -0.2) is 22.4 Å². The van der Waals surface area contributed by atoms with E-state index < -0.39 is 5.60 Å². The quantitative estimate of drug-likeness (QED) is 0.763. The van der Waals surface area contributed by atoms with Crippen LogP contribution in [0, 0.1) is 16.7 Å². The molecule has 1 rings (SSSR count). The second-order valence-electron chi connectivity index (χ2n) is 7.21. The maximum absolute atomic E-state index is 10.6. The maximum Gasteiger partial charge on any atom is 0.0720 e. The molecule has 0 aromatic carbocycles. The van der Waals surface area contributed by atoms with Gasteiger partial charge in [-0.3, -0.25) is 0 Å². The van der Waals surface area contributed by atoms with Gasteiger partial charge < -0.3 is 10.2 Å². The zero-order valence-corrected chi connectivity index (χ0v) is 11.5. The van der Waals surface area contributed by atoms with Gasteiger partial charge in [-0.25, -0.2) is 0 Å². The molecule has 0 atom stereocenters. The zero-order chi connectivity index (χ0) is 12.6. The highest BCUT2D eigenvalue weighted by Gasteiger charge is 2.46. The molecule has 0 amide bonds. The maximum atomic E-state index is 10.6. The first-order chi connectivity index (χ1) is 7.12. The Kier molecular flexibility index (Phi) is 3.76. The molecule has 0 heterocycles. The predicted molar refractivity (Wildman–Crippen MR) is 67.2 cm³/mol. The van der Waals surface area contributed by atoms with E-state index in [1.807, 2.05) is 13.8 Å². The number of hydrogen-bond acceptors (Lipinski definition) is 2. The first kappa shape index (κ1) is 14.0. The van der Waals surface area contributed by atoms with Crippen LogP contribution in [0.1, 0.15) is 60.3 Å². The van der Waals surface area contributed by atoms with Gasteiger partial charge in [0.15, 0.2) is 0 Å². The molecule has 0 spiro atoms. The Balaban J connectivity index is 2.67. The fraction of sp³-hybridized carbons (Fsp3) is 1.00. The van der Waals surface area contributed by atoms with E-state index in [2.05, 4.69) is 20.8 Å². The first-order valence-corrected chi connectivity index (χ1v) is 6.46. The third kappa shape index (κ3) is 2.60. The van der Waals surface area contributed by atoms with Gasteiger partial charge in [0.1, 0.15) is 0 Å². The van der Waals surface area contributed by atoms with Gasteiger partial charge in [0.05, 0.1) is 12.2 Å². The molecule has 96 valence electrons. The lowest BCUT2D eigenvalue weighted by Gasteiger charge is -2.48. The van der Waals surface area contributed by atoms with Crippen LogP contribution in [0.5, 0.6) is 0 Å². The number of hydrogen-bond donors (Lipinski definition) is 2. The van der Waals surface area contributed by atoms with Crippen LogP contribution in [0.3, 0.4) is 0 Å². The average molecular weight is 228 g/mol. The van der Waals surface area contributed by atoms with Gasteiger partial charge in [0.25, 0.3) is 0 Å². The van der Waals surface area contributed by atoms with Crippen molar-refractivity contribution in [1.29, 1.82) is 0 Å². The second kappa shape index (κ2) is 4.30. The van der Waals surface area contributed by atoms with Gasteiger partial charge in [0.2, 0.25) is 0 Å². The summed E-state index contributed by atoms with van der Waals surface area (Å²) in [6.45, 7) is 10.8. The van der Waals surface area contributed by atoms with E-state index in [1.165, 1.54) is 0 Å². The summed E-state index contributed by atoms with van der Waals surface area (Å²) in [5, 5.41) is 20.0. The summed E-state index contributed by atoms with van der Waals surface area (Å²) in [7, 11) is 0. The normalized spacial score (nSPS) is 32.8. The van der Waals surface area contributed by atoms with Gasteiger partial charge in [-0.15, -0.1) is 0 Å². The van der Waals surface area contributed by atoms with Crippen LogP contribution in [0.25, 0.3) is 0 Å². The van der Waals surface area contributed by atoms with Crippen LogP contribution in [0.4, 0.5) is 0 Å². The van der Waals surface area contributed by atoms with Crippen molar-refractivity contribution in [2.24, 2.45) is 16.7 Å². The average Bonchev–Trinajstić information content (AvgIpc) is 2.16. The standard InChI is InChI=1S/C14H28O2/c1-12(2,3)11-6-8-14(16,9-7-11)13(4,5)10-15/h11,15-16H,6-10H2,1-5H3. The minimum atomic E-state index is -0.677. The van der Waals surface area contributed by atoms with E-state index in [9.17, 15) is 10.2 Å². The van der Waals surface area contributed by atoms with Crippen molar-refractivity contribution in [3.63, 3.8) is 0 Å². The molecule has 1 aliphatic carbocycles. The highest BCUT2D eigenvalue weighted by molar-refractivity contribution is 4.97. The largest absolute Gasteiger partial charge is 0.396 e. The third-order valence-electron chi connectivity index (χ3n) is 4.69. The van der Waals surface area contributed by atoms with E-state index in [0.29, 0.717) is 11.3 Å². The van der Waals surface area contributed by atoms with E-state index in [0.717, 1.165) is 25.7 Å². The molecule has 1 saturated carbocycles. The van der Waals surface area contributed by atoms with Crippen molar-refractivity contribution in [3.05, 3.63) is 0 Å². The monoisotopic (exact) mass is 228 g/mol. The minimum Gasteiger partial charge on any atom is -0.396 e. The van der Waals surface area contributed by atoms with Crippen molar-refractivity contribution in [3.8, 4) is 0 Å². The highest BCUT2D eigenvalue weighted by atomic mass is 16.3. The summed E-state index contributed by atoms with van der Waals surface area (Å²) in [6.07, 6.45) is 3.79. The van der Waals surface area contributed by atoms with Gasteiger partial charge in [-0.1, -0.05) is 34.6 Å². The van der Waals surface area contributed by atoms with E-state index in [-0.39, 0.29) is 12.0 Å². The molecule has 0 aromatic rings. The number of rotatable bonds is 2. The summed E-state index contributed by atoms with van der Waals surface area (Å²) in [5.41, 5.74) is -0.718. The van der Waals surface area contributed by atoms with Crippen molar-refractivity contribution < 1.29 is 10.2 Å². The third-order valence-corrected chi connectivity index (χ3v) is 4.69. The molecular weight excluding hydrogens is 200 g/mol. The molecule has 2 nitrogen and oxygen atoms in total. The predicted octanol–water partition coefficient (Wildman–Crippen LogP) is 2.97. The Morgan fingerprint density at radius 3 is 1.81 bits per heavy atom. The van der Waals surface area contributed by atoms with Gasteiger partial charge in [0, 0.05) is 5.41 Å². The van der Waals surface area contributed by atoms with E-state index in [1.54, 1.807) is 0 Å². The molecule has 16 heavy (non-hydrogen) atoms. The fourth-order valence-corrected chi connectivity index (χ4v) is 2.79. The Morgan fingerprint density at radius 2 is 1.50 bits per heavy atom. The molecule has 2 N–H and O–H groups in total. The van der Waals surface area contributed by atoms with Crippen LogP contribution >= 0.6 is 0 Å². The smallest absolute Gasteiger partial charge is 0.0720 e. The Bertz CT molecular complexity index is 230. The van der Waals surface area contributed by atoms with Crippen molar-refractivity contribution >= 4 is 0 Å². The molecule has 0 aromatic heterocycles. The molecular formula is C14H28O2. The van der Waals surface area contributed by atoms with Crippen LogP contribution < -0.4 is 0 Å². The lowest BCUT2D eigenvalue weighted by Crippen LogP contribution is -2.50. The van der Waals surface area contributed by atoms with Crippen molar-refractivity contribution in [2.75, 3.05) is 6.61 Å². The lowest BCUT2D eigenvalue weighted by molar-refractivity contribution is -0.125. The van der Waals surface area contributed by atoms with Crippen molar-refractivity contribution in [2.45, 2.75) is 65.9 Å². The van der Waals surface area contributed by atoms with Crippen LogP contribution in [0.2, 0.25) is 0 Å². The topological polar surface area (TPSA) is 40.5 Å². The molecule has 0 bridgehead atoms. The minimum absolute atomic E-state index is 0.0592. The number of aliphatic hydroxyl groups excluding tert-OH is 1. The van der Waals surface area contributed by atoms with Gasteiger partial charge in [-0.05, 0) is 37.0 Å². The summed E-state index contributed by atoms with van der Waals surface area (Å²) in [5.74, 6) is 0.697. The molecule has 0 unspecified atom stereocenters. The van der Waals surface area contributed by atoms with Crippen LogP contribution in [0.15, 0.2) is 0 Å². The Morgan fingerprint density at radius 1 is 1.06 bits per heavy atom. The van der Waals surface area contributed by atoms with Crippen LogP contribution in [-0.2, 0) is 0 Å². The SMILES string of the molecule is CC(C)(C)C1CCC(O)(C(C)(C)CO)CC1. The first-order valence-electron chi connectivity index (χ1n) is 6.46. The Hall–Kier alpha value is -0.0800. The summed E-state index contributed by atoms with van der Waals surface area (Å²) < 4.78 is 0. The summed E-state index contributed by atoms with van der Waals surface area (Å²) >= 11 is 0. The van der Waals surface area contributed by atoms with Crippen molar-refractivity contribution in [1.82, 2.24) is 0 Å². The second-order valence-corrected chi connectivity index (χ2v) is 7.21. The summed E-state index contributed by atoms with van der Waals surface area (Å²) in [4.78, 5) is 0. The molecule has 1 fully saturated rings. The molecule has 2 heteroatoms. The molecule has 1 aliphatic rings. The van der Waals surface area contributed by atoms with Gasteiger partial charge >= 0.3 is 0 Å². The molecule has 0 saturated heterocycles. The molecule has 0 aliphatic heterocycles. The van der Waals surface area contributed by atoms with E-state index >= 15 is 0 Å². The Labute approximate surface area is 100 Å². The number of aliphatic hydroxyl groups is 2. The lowest BCUT2D eigenvalue weighted by atomic mass is 9.61.